The molecule has 3 aromatic heterocycles. The minimum atomic E-state index is -0.00664. The maximum absolute atomic E-state index is 12.6. The Morgan fingerprint density at radius 2 is 2.03 bits per heavy atom. The molecule has 1 saturated heterocycles. The number of aryl methyl sites for hydroxylation is 1. The second kappa shape index (κ2) is 9.18. The van der Waals surface area contributed by atoms with Crippen molar-refractivity contribution in [3.8, 4) is 0 Å². The summed E-state index contributed by atoms with van der Waals surface area (Å²) in [4.78, 5) is 20.3. The van der Waals surface area contributed by atoms with Crippen molar-refractivity contribution in [1.82, 2.24) is 24.5 Å². The van der Waals surface area contributed by atoms with E-state index in [9.17, 15) is 4.79 Å². The van der Waals surface area contributed by atoms with Crippen molar-refractivity contribution in [3.63, 3.8) is 0 Å². The number of hydrogen-bond donors (Lipinski definition) is 1. The number of piperidine rings is 1. The molecule has 4 heterocycles. The SMILES string of the molecule is Cc1cccc(Cc2cnc(NC(=O)CN3CCC(c4nnc5ccccn45)CC3)s2)c1. The normalized spacial score (nSPS) is 15.3. The summed E-state index contributed by atoms with van der Waals surface area (Å²) in [7, 11) is 0. The van der Waals surface area contributed by atoms with E-state index in [0.717, 1.165) is 48.7 Å². The van der Waals surface area contributed by atoms with Crippen LogP contribution in [0.1, 0.15) is 40.6 Å². The monoisotopic (exact) mass is 446 g/mol. The summed E-state index contributed by atoms with van der Waals surface area (Å²) in [5.41, 5.74) is 3.39. The van der Waals surface area contributed by atoms with E-state index in [1.807, 2.05) is 30.6 Å². The van der Waals surface area contributed by atoms with Crippen LogP contribution in [-0.4, -0.2) is 50.0 Å². The molecule has 0 aliphatic carbocycles. The van der Waals surface area contributed by atoms with Crippen LogP contribution < -0.4 is 5.32 Å². The number of thiazole rings is 1. The largest absolute Gasteiger partial charge is 0.301 e. The minimum Gasteiger partial charge on any atom is -0.301 e. The molecule has 7 nitrogen and oxygen atoms in total. The Labute approximate surface area is 191 Å². The summed E-state index contributed by atoms with van der Waals surface area (Å²) in [5.74, 6) is 1.39. The van der Waals surface area contributed by atoms with Crippen molar-refractivity contribution in [2.45, 2.75) is 32.1 Å². The van der Waals surface area contributed by atoms with E-state index in [1.54, 1.807) is 11.3 Å². The van der Waals surface area contributed by atoms with Crippen molar-refractivity contribution < 1.29 is 4.79 Å². The van der Waals surface area contributed by atoms with Crippen LogP contribution in [0.15, 0.2) is 54.9 Å². The fourth-order valence-electron chi connectivity index (χ4n) is 4.32. The molecule has 1 aliphatic heterocycles. The molecule has 164 valence electrons. The van der Waals surface area contributed by atoms with Gasteiger partial charge in [0.25, 0.3) is 0 Å². The van der Waals surface area contributed by atoms with Crippen molar-refractivity contribution in [1.29, 1.82) is 0 Å². The number of amides is 1. The van der Waals surface area contributed by atoms with Gasteiger partial charge < -0.3 is 5.32 Å². The molecule has 0 atom stereocenters. The summed E-state index contributed by atoms with van der Waals surface area (Å²) in [6.45, 7) is 4.23. The molecular weight excluding hydrogens is 420 g/mol. The lowest BCUT2D eigenvalue weighted by Gasteiger charge is -2.30. The van der Waals surface area contributed by atoms with E-state index in [4.69, 9.17) is 0 Å². The molecule has 0 saturated carbocycles. The molecule has 1 aromatic carbocycles. The highest BCUT2D eigenvalue weighted by Crippen LogP contribution is 2.27. The molecule has 1 aliphatic rings. The molecule has 8 heteroatoms. The van der Waals surface area contributed by atoms with Crippen molar-refractivity contribution in [2.75, 3.05) is 25.0 Å². The average molecular weight is 447 g/mol. The number of hydrogen-bond acceptors (Lipinski definition) is 6. The molecule has 32 heavy (non-hydrogen) atoms. The van der Waals surface area contributed by atoms with Gasteiger partial charge in [-0.05, 0) is 50.6 Å². The second-order valence-electron chi connectivity index (χ2n) is 8.38. The molecule has 0 bridgehead atoms. The number of likely N-dealkylation sites (tertiary alicyclic amines) is 1. The number of carbonyl (C=O) groups is 1. The van der Waals surface area contributed by atoms with Crippen LogP contribution in [0.2, 0.25) is 0 Å². The van der Waals surface area contributed by atoms with Crippen LogP contribution in [0.25, 0.3) is 5.65 Å². The van der Waals surface area contributed by atoms with E-state index >= 15 is 0 Å². The van der Waals surface area contributed by atoms with Gasteiger partial charge in [0.15, 0.2) is 10.8 Å². The van der Waals surface area contributed by atoms with Gasteiger partial charge >= 0.3 is 0 Å². The number of aromatic nitrogens is 4. The molecule has 0 unspecified atom stereocenters. The highest BCUT2D eigenvalue weighted by Gasteiger charge is 2.25. The third-order valence-electron chi connectivity index (χ3n) is 5.92. The van der Waals surface area contributed by atoms with Gasteiger partial charge in [0.05, 0.1) is 6.54 Å². The first-order valence-electron chi connectivity index (χ1n) is 11.0. The number of pyridine rings is 1. The first kappa shape index (κ1) is 20.8. The summed E-state index contributed by atoms with van der Waals surface area (Å²) < 4.78 is 2.07. The number of fused-ring (bicyclic) bond motifs is 1. The Morgan fingerprint density at radius 1 is 1.16 bits per heavy atom. The fraction of sp³-hybridized carbons (Fsp3) is 0.333. The Morgan fingerprint density at radius 3 is 2.88 bits per heavy atom. The maximum atomic E-state index is 12.6. The van der Waals surface area contributed by atoms with E-state index in [2.05, 4.69) is 61.0 Å². The smallest absolute Gasteiger partial charge is 0.240 e. The van der Waals surface area contributed by atoms with Crippen LogP contribution in [0.3, 0.4) is 0 Å². The summed E-state index contributed by atoms with van der Waals surface area (Å²) >= 11 is 1.54. The Bertz CT molecular complexity index is 1220. The van der Waals surface area contributed by atoms with Crippen LogP contribution in [0.4, 0.5) is 5.13 Å². The topological polar surface area (TPSA) is 75.4 Å². The van der Waals surface area contributed by atoms with Crippen LogP contribution in [-0.2, 0) is 11.2 Å². The van der Waals surface area contributed by atoms with Crippen molar-refractivity contribution in [2.24, 2.45) is 0 Å². The number of nitrogens with one attached hydrogen (secondary N) is 1. The van der Waals surface area contributed by atoms with Crippen LogP contribution in [0.5, 0.6) is 0 Å². The lowest BCUT2D eigenvalue weighted by atomic mass is 9.96. The average Bonchev–Trinajstić information content (AvgIpc) is 3.41. The predicted molar refractivity (Wildman–Crippen MR) is 126 cm³/mol. The van der Waals surface area contributed by atoms with Crippen molar-refractivity contribution in [3.05, 3.63) is 76.7 Å². The molecule has 4 aromatic rings. The zero-order valence-electron chi connectivity index (χ0n) is 18.1. The third-order valence-corrected chi connectivity index (χ3v) is 6.83. The molecule has 1 amide bonds. The lowest BCUT2D eigenvalue weighted by molar-refractivity contribution is -0.117. The van der Waals surface area contributed by atoms with Gasteiger partial charge in [-0.1, -0.05) is 35.9 Å². The molecule has 0 spiro atoms. The highest BCUT2D eigenvalue weighted by molar-refractivity contribution is 7.15. The Kier molecular flexibility index (Phi) is 5.96. The first-order valence-corrected chi connectivity index (χ1v) is 11.8. The maximum Gasteiger partial charge on any atom is 0.240 e. The van der Waals surface area contributed by atoms with E-state index < -0.39 is 0 Å². The lowest BCUT2D eigenvalue weighted by Crippen LogP contribution is -2.39. The van der Waals surface area contributed by atoms with Gasteiger partial charge in [-0.2, -0.15) is 0 Å². The molecule has 1 fully saturated rings. The van der Waals surface area contributed by atoms with E-state index in [1.165, 1.54) is 11.1 Å². The summed E-state index contributed by atoms with van der Waals surface area (Å²) in [6, 6.07) is 14.4. The highest BCUT2D eigenvalue weighted by atomic mass is 32.1. The Hall–Kier alpha value is -3.10. The standard InChI is InChI=1S/C24H26N6OS/c1-17-5-4-6-18(13-17)14-20-15-25-24(32-20)26-22(31)16-29-11-8-19(9-12-29)23-28-27-21-7-2-3-10-30(21)23/h2-7,10,13,15,19H,8-9,11-12,14,16H2,1H3,(H,25,26,31). The zero-order valence-corrected chi connectivity index (χ0v) is 18.9. The van der Waals surface area contributed by atoms with Gasteiger partial charge in [0.2, 0.25) is 5.91 Å². The fourth-order valence-corrected chi connectivity index (χ4v) is 5.18. The van der Waals surface area contributed by atoms with Crippen molar-refractivity contribution >= 4 is 28.0 Å². The van der Waals surface area contributed by atoms with Gasteiger partial charge in [-0.25, -0.2) is 4.98 Å². The van der Waals surface area contributed by atoms with E-state index in [-0.39, 0.29) is 5.91 Å². The molecule has 0 radical (unpaired) electrons. The Balaban J connectivity index is 1.12. The number of carbonyl (C=O) groups excluding carboxylic acids is 1. The minimum absolute atomic E-state index is 0.00664. The van der Waals surface area contributed by atoms with E-state index in [0.29, 0.717) is 17.6 Å². The quantitative estimate of drug-likeness (QED) is 0.486. The van der Waals surface area contributed by atoms with Crippen LogP contribution >= 0.6 is 11.3 Å². The van der Waals surface area contributed by atoms with Gasteiger partial charge in [-0.3, -0.25) is 14.1 Å². The van der Waals surface area contributed by atoms with Gasteiger partial charge in [0, 0.05) is 29.6 Å². The number of anilines is 1. The van der Waals surface area contributed by atoms with Gasteiger partial charge in [-0.15, -0.1) is 21.5 Å². The second-order valence-corrected chi connectivity index (χ2v) is 9.50. The summed E-state index contributed by atoms with van der Waals surface area (Å²) in [5, 5.41) is 12.3. The molecular formula is C24H26N6OS. The third kappa shape index (κ3) is 4.71. The molecule has 1 N–H and O–H groups in total. The summed E-state index contributed by atoms with van der Waals surface area (Å²) in [6.07, 6.45) is 6.66. The zero-order chi connectivity index (χ0) is 21.9. The number of benzene rings is 1. The molecule has 5 rings (SSSR count). The first-order chi connectivity index (χ1) is 15.6. The van der Waals surface area contributed by atoms with Gasteiger partial charge in [0.1, 0.15) is 5.82 Å². The number of nitrogens with zero attached hydrogens (tertiary/aromatic N) is 5. The number of rotatable bonds is 6. The predicted octanol–water partition coefficient (Wildman–Crippen LogP) is 3.90. The van der Waals surface area contributed by atoms with Crippen LogP contribution in [0, 0.1) is 6.92 Å².